The van der Waals surface area contributed by atoms with Crippen LogP contribution in [0.4, 0.5) is 13.2 Å². The highest BCUT2D eigenvalue weighted by Crippen LogP contribution is 2.38. The van der Waals surface area contributed by atoms with Gasteiger partial charge in [0.1, 0.15) is 5.57 Å². The Morgan fingerprint density at radius 3 is 2.69 bits per heavy atom. The standard InChI is InChI=1S/C13H14F3/c1-9-4-2-7-12(9)10-5-3-6-11(8-10)13(14,15)16/h3,5-6,8-9H,2,4,7H2,1H3/q+1/b12-10+. The van der Waals surface area contributed by atoms with Crippen molar-refractivity contribution in [2.45, 2.75) is 32.4 Å². The molecule has 2 rings (SSSR count). The van der Waals surface area contributed by atoms with E-state index in [1.54, 1.807) is 6.42 Å². The quantitative estimate of drug-likeness (QED) is 0.539. The minimum absolute atomic E-state index is 0.420. The lowest BCUT2D eigenvalue weighted by Gasteiger charge is -2.10. The van der Waals surface area contributed by atoms with Gasteiger partial charge in [-0.25, -0.2) is 0 Å². The third-order valence-electron chi connectivity index (χ3n) is 3.24. The van der Waals surface area contributed by atoms with Crippen molar-refractivity contribution < 1.29 is 13.2 Å². The van der Waals surface area contributed by atoms with Crippen LogP contribution in [0.3, 0.4) is 0 Å². The topological polar surface area (TPSA) is 0 Å². The van der Waals surface area contributed by atoms with Gasteiger partial charge in [-0.2, -0.15) is 13.2 Å². The van der Waals surface area contributed by atoms with Gasteiger partial charge in [0, 0.05) is 42.6 Å². The van der Waals surface area contributed by atoms with Crippen molar-refractivity contribution in [3.05, 3.63) is 41.4 Å². The Morgan fingerprint density at radius 2 is 2.12 bits per heavy atom. The molecule has 1 fully saturated rings. The number of rotatable bonds is 0. The number of hydrogen-bond donors (Lipinski definition) is 0. The van der Waals surface area contributed by atoms with E-state index in [0.717, 1.165) is 30.9 Å². The molecular weight excluding hydrogens is 213 g/mol. The van der Waals surface area contributed by atoms with Crippen molar-refractivity contribution in [1.82, 2.24) is 0 Å². The Hall–Kier alpha value is -1.12. The average Bonchev–Trinajstić information content (AvgIpc) is 2.63. The summed E-state index contributed by atoms with van der Waals surface area (Å²) < 4.78 is 37.6. The van der Waals surface area contributed by atoms with Gasteiger partial charge in [-0.1, -0.05) is 0 Å². The second-order valence-corrected chi connectivity index (χ2v) is 4.40. The fourth-order valence-corrected chi connectivity index (χ4v) is 2.34. The molecule has 0 amide bonds. The Bertz CT molecular complexity index is 369. The molecule has 1 saturated carbocycles. The van der Waals surface area contributed by atoms with Gasteiger partial charge in [0.05, 0.1) is 5.57 Å². The zero-order valence-electron chi connectivity index (χ0n) is 9.14. The number of halogens is 3. The number of hydrogen-bond acceptors (Lipinski definition) is 0. The number of allylic oxidation sites excluding steroid dienone is 6. The molecule has 0 aromatic rings. The van der Waals surface area contributed by atoms with Crippen LogP contribution in [0.1, 0.15) is 26.2 Å². The first kappa shape index (κ1) is 11.4. The predicted octanol–water partition coefficient (Wildman–Crippen LogP) is 4.37. The molecule has 0 radical (unpaired) electrons. The van der Waals surface area contributed by atoms with Crippen LogP contribution in [-0.2, 0) is 0 Å². The third-order valence-corrected chi connectivity index (χ3v) is 3.24. The Labute approximate surface area is 93.5 Å². The average molecular weight is 227 g/mol. The number of alkyl halides is 3. The van der Waals surface area contributed by atoms with Crippen LogP contribution in [-0.4, -0.2) is 6.18 Å². The van der Waals surface area contributed by atoms with Gasteiger partial charge in [-0.15, -0.1) is 0 Å². The first-order valence-electron chi connectivity index (χ1n) is 5.52. The first-order chi connectivity index (χ1) is 7.48. The normalized spacial score (nSPS) is 30.2. The first-order valence-corrected chi connectivity index (χ1v) is 5.52. The van der Waals surface area contributed by atoms with Crippen LogP contribution < -0.4 is 0 Å². The highest BCUT2D eigenvalue weighted by Gasteiger charge is 2.37. The highest BCUT2D eigenvalue weighted by molar-refractivity contribution is 5.48. The lowest BCUT2D eigenvalue weighted by atomic mass is 9.92. The van der Waals surface area contributed by atoms with Gasteiger partial charge in [0.25, 0.3) is 0 Å². The van der Waals surface area contributed by atoms with Gasteiger partial charge >= 0.3 is 6.18 Å². The summed E-state index contributed by atoms with van der Waals surface area (Å²) >= 11 is 0. The molecule has 2 aliphatic carbocycles. The molecule has 1 unspecified atom stereocenters. The molecular formula is C13H14F3+. The molecule has 1 atom stereocenters. The molecule has 0 nitrogen and oxygen atoms in total. The maximum atomic E-state index is 12.5. The van der Waals surface area contributed by atoms with Crippen molar-refractivity contribution in [2.75, 3.05) is 0 Å². The lowest BCUT2D eigenvalue weighted by molar-refractivity contribution is -0.0883. The molecule has 0 aliphatic heterocycles. The third kappa shape index (κ3) is 2.18. The van der Waals surface area contributed by atoms with Gasteiger partial charge in [-0.3, -0.25) is 0 Å². The van der Waals surface area contributed by atoms with Crippen molar-refractivity contribution in [2.24, 2.45) is 5.92 Å². The van der Waals surface area contributed by atoms with Gasteiger partial charge in [0.15, 0.2) is 0 Å². The highest BCUT2D eigenvalue weighted by atomic mass is 19.4. The van der Waals surface area contributed by atoms with E-state index in [1.807, 2.05) is 0 Å². The van der Waals surface area contributed by atoms with E-state index >= 15 is 0 Å². The van der Waals surface area contributed by atoms with Crippen LogP contribution in [0.5, 0.6) is 0 Å². The maximum absolute atomic E-state index is 12.5. The van der Waals surface area contributed by atoms with E-state index in [-0.39, 0.29) is 0 Å². The molecule has 0 aromatic heterocycles. The zero-order chi connectivity index (χ0) is 11.8. The molecule has 0 saturated heterocycles. The molecule has 86 valence electrons. The minimum atomic E-state index is -4.24. The van der Waals surface area contributed by atoms with E-state index < -0.39 is 11.7 Å². The van der Waals surface area contributed by atoms with Gasteiger partial charge in [-0.05, 0) is 19.8 Å². The van der Waals surface area contributed by atoms with Crippen LogP contribution in [0.2, 0.25) is 0 Å². The minimum Gasteiger partial charge on any atom is -0.164 e. The summed E-state index contributed by atoms with van der Waals surface area (Å²) in [7, 11) is 0. The van der Waals surface area contributed by atoms with Crippen molar-refractivity contribution in [1.29, 1.82) is 0 Å². The summed E-state index contributed by atoms with van der Waals surface area (Å²) in [4.78, 5) is 0. The summed E-state index contributed by atoms with van der Waals surface area (Å²) in [6, 6.07) is 0. The fourth-order valence-electron chi connectivity index (χ4n) is 2.34. The second-order valence-electron chi connectivity index (χ2n) is 4.40. The van der Waals surface area contributed by atoms with Crippen LogP contribution >= 0.6 is 0 Å². The Balaban J connectivity index is 2.32. The second kappa shape index (κ2) is 4.04. The smallest absolute Gasteiger partial charge is 0.164 e. The summed E-state index contributed by atoms with van der Waals surface area (Å²) in [6.07, 6.45) is 4.56. The molecule has 16 heavy (non-hydrogen) atoms. The van der Waals surface area contributed by atoms with Crippen molar-refractivity contribution in [3.8, 4) is 0 Å². The SMILES string of the molecule is CC1CCC/C1=C1\C=C(C(F)(F)F)C=C[CH+]1. The summed E-state index contributed by atoms with van der Waals surface area (Å²) in [6.45, 7) is 2.09. The lowest BCUT2D eigenvalue weighted by Crippen LogP contribution is -2.12. The van der Waals surface area contributed by atoms with Crippen LogP contribution in [0, 0.1) is 12.3 Å². The van der Waals surface area contributed by atoms with Crippen molar-refractivity contribution >= 4 is 0 Å². The maximum Gasteiger partial charge on any atom is 0.434 e. The summed E-state index contributed by atoms with van der Waals surface area (Å²) in [5.41, 5.74) is 1.39. The molecule has 0 N–H and O–H groups in total. The van der Waals surface area contributed by atoms with E-state index in [9.17, 15) is 13.2 Å². The zero-order valence-corrected chi connectivity index (χ0v) is 9.14. The molecule has 0 bridgehead atoms. The molecule has 2 aliphatic rings. The molecule has 0 aromatic carbocycles. The van der Waals surface area contributed by atoms with E-state index in [0.29, 0.717) is 5.92 Å². The molecule has 3 heteroatoms. The molecule has 0 heterocycles. The van der Waals surface area contributed by atoms with Gasteiger partial charge < -0.3 is 0 Å². The Morgan fingerprint density at radius 1 is 1.38 bits per heavy atom. The predicted molar refractivity (Wildman–Crippen MR) is 57.6 cm³/mol. The fraction of sp³-hybridized carbons (Fsp3) is 0.462. The molecule has 0 spiro atoms. The van der Waals surface area contributed by atoms with E-state index in [2.05, 4.69) is 6.92 Å². The van der Waals surface area contributed by atoms with E-state index in [1.165, 1.54) is 17.7 Å². The Kier molecular flexibility index (Phi) is 2.87. The van der Waals surface area contributed by atoms with Crippen LogP contribution in [0.15, 0.2) is 34.9 Å². The van der Waals surface area contributed by atoms with Crippen molar-refractivity contribution in [3.63, 3.8) is 0 Å². The monoisotopic (exact) mass is 227 g/mol. The van der Waals surface area contributed by atoms with Gasteiger partial charge in [0.2, 0.25) is 0 Å². The largest absolute Gasteiger partial charge is 0.434 e. The summed E-state index contributed by atoms with van der Waals surface area (Å²) in [5, 5.41) is 0. The van der Waals surface area contributed by atoms with Crippen LogP contribution in [0.25, 0.3) is 0 Å². The van der Waals surface area contributed by atoms with E-state index in [4.69, 9.17) is 0 Å². The summed E-state index contributed by atoms with van der Waals surface area (Å²) in [5.74, 6) is 0.420.